The van der Waals surface area contributed by atoms with E-state index in [-0.39, 0.29) is 40.5 Å². The number of H-pyrrole nitrogens is 1. The van der Waals surface area contributed by atoms with Crippen molar-refractivity contribution in [2.24, 2.45) is 29.1 Å². The first-order chi connectivity index (χ1) is 13.7. The second kappa shape index (κ2) is 8.71. The van der Waals surface area contributed by atoms with E-state index in [4.69, 9.17) is 0 Å². The number of carbonyl (C=O) groups is 1. The zero-order chi connectivity index (χ0) is 21.3. The van der Waals surface area contributed by atoms with Crippen molar-refractivity contribution in [2.75, 3.05) is 0 Å². The van der Waals surface area contributed by atoms with E-state index in [9.17, 15) is 20.1 Å². The number of Topliss-reactive ketones (excluding diaryl/α,β-unsaturated/α-hetero) is 1. The molecule has 0 saturated heterocycles. The Morgan fingerprint density at radius 1 is 1.21 bits per heavy atom. The Morgan fingerprint density at radius 2 is 1.93 bits per heavy atom. The Bertz CT molecular complexity index is 725. The Morgan fingerprint density at radius 3 is 2.55 bits per heavy atom. The van der Waals surface area contributed by atoms with Gasteiger partial charge >= 0.3 is 0 Å². The fourth-order valence-electron chi connectivity index (χ4n) is 6.35. The molecule has 2 saturated carbocycles. The van der Waals surface area contributed by atoms with Crippen LogP contribution in [0.1, 0.15) is 108 Å². The van der Waals surface area contributed by atoms with Gasteiger partial charge in [0.1, 0.15) is 5.56 Å². The predicted molar refractivity (Wildman–Crippen MR) is 114 cm³/mol. The summed E-state index contributed by atoms with van der Waals surface area (Å²) >= 11 is 0. The van der Waals surface area contributed by atoms with E-state index in [1.807, 2.05) is 0 Å². The number of nitrogens with one attached hydrogen (secondary N) is 1. The Balaban J connectivity index is 2.00. The number of aromatic nitrogens is 1. The Labute approximate surface area is 174 Å². The van der Waals surface area contributed by atoms with Gasteiger partial charge in [0, 0.05) is 5.41 Å². The Kier molecular flexibility index (Phi) is 6.67. The molecule has 1 aromatic rings. The summed E-state index contributed by atoms with van der Waals surface area (Å²) < 4.78 is 0. The van der Waals surface area contributed by atoms with Crippen LogP contribution in [0.2, 0.25) is 0 Å². The van der Waals surface area contributed by atoms with E-state index in [0.29, 0.717) is 11.8 Å². The third kappa shape index (κ3) is 3.95. The van der Waals surface area contributed by atoms with Gasteiger partial charge in [-0.25, -0.2) is 0 Å². The van der Waals surface area contributed by atoms with Crippen molar-refractivity contribution < 1.29 is 20.1 Å². The third-order valence-electron chi connectivity index (χ3n) is 8.02. The maximum Gasteiger partial charge on any atom is 0.203 e. The lowest BCUT2D eigenvalue weighted by Crippen LogP contribution is -2.50. The minimum Gasteiger partial charge on any atom is -0.505 e. The van der Waals surface area contributed by atoms with Crippen LogP contribution in [0.3, 0.4) is 0 Å². The number of rotatable bonds is 7. The molecule has 6 atom stereocenters. The molecule has 1 aromatic heterocycles. The smallest absolute Gasteiger partial charge is 0.203 e. The summed E-state index contributed by atoms with van der Waals surface area (Å²) in [7, 11) is 0. The number of hydrogen-bond donors (Lipinski definition) is 4. The van der Waals surface area contributed by atoms with Crippen LogP contribution in [0.5, 0.6) is 11.6 Å². The molecular formula is C24H39NO4. The number of unbranched alkanes of at least 4 members (excludes halogenated alkanes) is 2. The number of fused-ring (bicyclic) bond motifs is 1. The van der Waals surface area contributed by atoms with Crippen molar-refractivity contribution in [1.29, 1.82) is 0 Å². The van der Waals surface area contributed by atoms with Crippen LogP contribution in [0.15, 0.2) is 0 Å². The van der Waals surface area contributed by atoms with E-state index >= 15 is 0 Å². The SMILES string of the molecule is CCCCCC1CCC2CC(C)CCC2C1(C)C(=O)c1c(O)[nH]c(C(C)O)c1O. The van der Waals surface area contributed by atoms with Crippen molar-refractivity contribution in [2.45, 2.75) is 91.6 Å². The van der Waals surface area contributed by atoms with E-state index in [2.05, 4.69) is 25.8 Å². The van der Waals surface area contributed by atoms with E-state index in [1.165, 1.54) is 26.2 Å². The molecule has 0 radical (unpaired) electrons. The lowest BCUT2D eigenvalue weighted by Gasteiger charge is -2.53. The van der Waals surface area contributed by atoms with Crippen LogP contribution in [-0.4, -0.2) is 26.1 Å². The second-order valence-corrected chi connectivity index (χ2v) is 9.95. The number of aromatic hydroxyl groups is 2. The topological polar surface area (TPSA) is 93.5 Å². The summed E-state index contributed by atoms with van der Waals surface area (Å²) in [6, 6.07) is 0. The molecule has 5 heteroatoms. The van der Waals surface area contributed by atoms with Gasteiger partial charge in [-0.2, -0.15) is 0 Å². The number of aliphatic hydroxyl groups is 1. The number of hydrogen-bond acceptors (Lipinski definition) is 4. The molecule has 0 aliphatic heterocycles. The number of aromatic amines is 1. The van der Waals surface area contributed by atoms with Crippen LogP contribution in [-0.2, 0) is 0 Å². The molecule has 2 aliphatic carbocycles. The zero-order valence-electron chi connectivity index (χ0n) is 18.5. The summed E-state index contributed by atoms with van der Waals surface area (Å²) in [5.74, 6) is 1.03. The average molecular weight is 406 g/mol. The van der Waals surface area contributed by atoms with E-state index in [0.717, 1.165) is 38.5 Å². The summed E-state index contributed by atoms with van der Waals surface area (Å²) in [5.41, 5.74) is -0.506. The first-order valence-electron chi connectivity index (χ1n) is 11.6. The van der Waals surface area contributed by atoms with Gasteiger partial charge in [-0.3, -0.25) is 4.79 Å². The van der Waals surface area contributed by atoms with Crippen LogP contribution in [0.4, 0.5) is 0 Å². The van der Waals surface area contributed by atoms with Crippen LogP contribution < -0.4 is 0 Å². The molecule has 5 nitrogen and oxygen atoms in total. The van der Waals surface area contributed by atoms with Crippen LogP contribution in [0, 0.1) is 29.1 Å². The zero-order valence-corrected chi connectivity index (χ0v) is 18.5. The fourth-order valence-corrected chi connectivity index (χ4v) is 6.35. The summed E-state index contributed by atoms with van der Waals surface area (Å²) in [6.07, 6.45) is 9.02. The number of aliphatic hydroxyl groups excluding tert-OH is 1. The van der Waals surface area contributed by atoms with Crippen molar-refractivity contribution in [1.82, 2.24) is 4.98 Å². The molecule has 6 unspecified atom stereocenters. The van der Waals surface area contributed by atoms with Crippen molar-refractivity contribution in [3.8, 4) is 11.6 Å². The highest BCUT2D eigenvalue weighted by Gasteiger charge is 2.54. The lowest BCUT2D eigenvalue weighted by molar-refractivity contribution is -0.0239. The molecule has 0 amide bonds. The van der Waals surface area contributed by atoms with Gasteiger partial charge in [-0.05, 0) is 62.7 Å². The minimum atomic E-state index is -0.981. The van der Waals surface area contributed by atoms with Gasteiger partial charge in [0.2, 0.25) is 5.88 Å². The first-order valence-corrected chi connectivity index (χ1v) is 11.6. The molecule has 4 N–H and O–H groups in total. The molecule has 0 aromatic carbocycles. The van der Waals surface area contributed by atoms with E-state index in [1.54, 1.807) is 0 Å². The molecule has 1 heterocycles. The van der Waals surface area contributed by atoms with Gasteiger partial charge in [-0.1, -0.05) is 46.5 Å². The Hall–Kier alpha value is -1.49. The van der Waals surface area contributed by atoms with Crippen molar-refractivity contribution >= 4 is 5.78 Å². The molecular weight excluding hydrogens is 366 g/mol. The molecule has 0 spiro atoms. The quantitative estimate of drug-likeness (QED) is 0.345. The van der Waals surface area contributed by atoms with Crippen LogP contribution >= 0.6 is 0 Å². The average Bonchev–Trinajstić information content (AvgIpc) is 2.97. The van der Waals surface area contributed by atoms with Gasteiger partial charge in [0.25, 0.3) is 0 Å². The predicted octanol–water partition coefficient (Wildman–Crippen LogP) is 5.71. The largest absolute Gasteiger partial charge is 0.505 e. The molecule has 3 rings (SSSR count). The maximum atomic E-state index is 14.0. The third-order valence-corrected chi connectivity index (χ3v) is 8.02. The normalized spacial score (nSPS) is 33.3. The molecule has 29 heavy (non-hydrogen) atoms. The number of carbonyl (C=O) groups excluding carboxylic acids is 1. The summed E-state index contributed by atoms with van der Waals surface area (Å²) in [6.45, 7) is 8.10. The van der Waals surface area contributed by atoms with Gasteiger partial charge < -0.3 is 20.3 Å². The van der Waals surface area contributed by atoms with Gasteiger partial charge in [0.15, 0.2) is 11.5 Å². The van der Waals surface area contributed by atoms with Crippen molar-refractivity contribution in [3.05, 3.63) is 11.3 Å². The highest BCUT2D eigenvalue weighted by Crippen LogP contribution is 2.58. The minimum absolute atomic E-state index is 0.0248. The molecule has 164 valence electrons. The number of ketones is 1. The molecule has 0 bridgehead atoms. The fraction of sp³-hybridized carbons (Fsp3) is 0.792. The molecule has 2 fully saturated rings. The highest BCUT2D eigenvalue weighted by molar-refractivity contribution is 6.05. The van der Waals surface area contributed by atoms with Gasteiger partial charge in [0.05, 0.1) is 11.8 Å². The second-order valence-electron chi connectivity index (χ2n) is 9.95. The van der Waals surface area contributed by atoms with Crippen LogP contribution in [0.25, 0.3) is 0 Å². The van der Waals surface area contributed by atoms with Crippen molar-refractivity contribution in [3.63, 3.8) is 0 Å². The molecule has 2 aliphatic rings. The highest BCUT2D eigenvalue weighted by atomic mass is 16.3. The summed E-state index contributed by atoms with van der Waals surface area (Å²) in [4.78, 5) is 16.6. The van der Waals surface area contributed by atoms with Gasteiger partial charge in [-0.15, -0.1) is 0 Å². The maximum absolute atomic E-state index is 14.0. The standard InChI is InChI=1S/C24H39NO4/c1-5-6-7-8-17-11-10-16-13-14(2)9-12-18(16)24(17,4)22(28)19-21(27)20(15(3)26)25-23(19)29/h14-18,25-27,29H,5-13H2,1-4H3. The van der Waals surface area contributed by atoms with E-state index < -0.39 is 11.5 Å². The first kappa shape index (κ1) is 22.2. The monoisotopic (exact) mass is 405 g/mol. The summed E-state index contributed by atoms with van der Waals surface area (Å²) in [5, 5.41) is 31.0. The lowest BCUT2D eigenvalue weighted by atomic mass is 9.50.